The van der Waals surface area contributed by atoms with Gasteiger partial charge in [0, 0.05) is 45.2 Å². The number of ether oxygens (including phenoxy) is 1. The van der Waals surface area contributed by atoms with E-state index in [9.17, 15) is 4.79 Å². The van der Waals surface area contributed by atoms with Crippen LogP contribution in [0.15, 0.2) is 0 Å². The first-order valence-electron chi connectivity index (χ1n) is 9.99. The molecule has 0 bridgehead atoms. The minimum Gasteiger partial charge on any atom is -0.384 e. The first kappa shape index (κ1) is 18.4. The Labute approximate surface area is 160 Å². The van der Waals surface area contributed by atoms with Crippen LogP contribution >= 0.6 is 11.3 Å². The maximum atomic E-state index is 12.9. The number of aryl methyl sites for hydroxylation is 2. The van der Waals surface area contributed by atoms with Gasteiger partial charge < -0.3 is 9.64 Å². The second-order valence-electron chi connectivity index (χ2n) is 8.47. The number of amides is 1. The number of piperidine rings is 1. The van der Waals surface area contributed by atoms with Crippen LogP contribution in [0.5, 0.6) is 0 Å². The highest BCUT2D eigenvalue weighted by atomic mass is 32.1. The van der Waals surface area contributed by atoms with Crippen LogP contribution in [0.4, 0.5) is 0 Å². The minimum atomic E-state index is 0.181. The van der Waals surface area contributed by atoms with Crippen LogP contribution in [0.2, 0.25) is 0 Å². The zero-order chi connectivity index (χ0) is 18.3. The second-order valence-corrected chi connectivity index (χ2v) is 9.67. The second kappa shape index (κ2) is 7.21. The van der Waals surface area contributed by atoms with E-state index in [4.69, 9.17) is 4.74 Å². The number of carbonyl (C=O) groups is 1. The van der Waals surface area contributed by atoms with E-state index < -0.39 is 0 Å². The Bertz CT molecular complexity index is 662. The van der Waals surface area contributed by atoms with Gasteiger partial charge in [0.1, 0.15) is 4.88 Å². The molecule has 1 aromatic heterocycles. The third-order valence-corrected chi connectivity index (χ3v) is 8.00. The Kier molecular flexibility index (Phi) is 5.10. The summed E-state index contributed by atoms with van der Waals surface area (Å²) in [6.45, 7) is 8.89. The molecule has 0 radical (unpaired) electrons. The van der Waals surface area contributed by atoms with E-state index in [-0.39, 0.29) is 5.91 Å². The fourth-order valence-corrected chi connectivity index (χ4v) is 6.02. The summed E-state index contributed by atoms with van der Waals surface area (Å²) in [5.74, 6) is 0.790. The highest BCUT2D eigenvalue weighted by molar-refractivity contribution is 7.13. The molecular formula is C20H31N3O2S. The van der Waals surface area contributed by atoms with Gasteiger partial charge in [0.2, 0.25) is 0 Å². The molecule has 1 saturated carbocycles. The van der Waals surface area contributed by atoms with Gasteiger partial charge in [-0.15, -0.1) is 11.3 Å². The summed E-state index contributed by atoms with van der Waals surface area (Å²) in [6, 6.07) is 0.802. The molecule has 4 rings (SSSR count). The van der Waals surface area contributed by atoms with Gasteiger partial charge in [-0.1, -0.05) is 6.42 Å². The predicted molar refractivity (Wildman–Crippen MR) is 104 cm³/mol. The summed E-state index contributed by atoms with van der Waals surface area (Å²) in [5, 5.41) is 0.978. The van der Waals surface area contributed by atoms with Gasteiger partial charge in [-0.2, -0.15) is 0 Å². The molecule has 0 N–H and O–H groups in total. The van der Waals surface area contributed by atoms with Gasteiger partial charge >= 0.3 is 0 Å². The molecule has 5 nitrogen and oxygen atoms in total. The molecule has 2 aliphatic heterocycles. The number of methoxy groups -OCH3 is 1. The van der Waals surface area contributed by atoms with E-state index in [2.05, 4.69) is 14.8 Å². The number of aromatic nitrogens is 1. The monoisotopic (exact) mass is 377 g/mol. The zero-order valence-corrected chi connectivity index (χ0v) is 17.1. The molecule has 1 spiro atoms. The van der Waals surface area contributed by atoms with Gasteiger partial charge in [-0.25, -0.2) is 4.98 Å². The number of hydrogen-bond acceptors (Lipinski definition) is 5. The summed E-state index contributed by atoms with van der Waals surface area (Å²) in [5.41, 5.74) is 1.22. The lowest BCUT2D eigenvalue weighted by atomic mass is 9.71. The summed E-state index contributed by atoms with van der Waals surface area (Å²) >= 11 is 1.53. The standard InChI is InChI=1S/C20H31N3O2S/c1-14-18(26-15(2)21-14)19(24)22-9-7-20(8-10-22)13-23(17-5-4-6-17)11-16(20)12-25-3/h16-17H,4-13H2,1-3H3. The van der Waals surface area contributed by atoms with Crippen molar-refractivity contribution in [1.29, 1.82) is 0 Å². The maximum absolute atomic E-state index is 12.9. The lowest BCUT2D eigenvalue weighted by molar-refractivity contribution is 0.0314. The van der Waals surface area contributed by atoms with E-state index in [0.29, 0.717) is 11.3 Å². The fraction of sp³-hybridized carbons (Fsp3) is 0.800. The number of nitrogens with zero attached hydrogens (tertiary/aromatic N) is 3. The van der Waals surface area contributed by atoms with Crippen LogP contribution in [0.1, 0.15) is 52.5 Å². The summed E-state index contributed by atoms with van der Waals surface area (Å²) in [6.07, 6.45) is 6.33. The Hall–Kier alpha value is -0.980. The third kappa shape index (κ3) is 3.20. The SMILES string of the molecule is COCC1CN(C2CCC2)CC12CCN(C(=O)c1sc(C)nc1C)CC2. The maximum Gasteiger partial charge on any atom is 0.265 e. The Balaban J connectivity index is 1.44. The quantitative estimate of drug-likeness (QED) is 0.809. The summed E-state index contributed by atoms with van der Waals surface area (Å²) < 4.78 is 5.58. The van der Waals surface area contributed by atoms with Crippen LogP contribution in [-0.2, 0) is 4.74 Å². The van der Waals surface area contributed by atoms with Crippen molar-refractivity contribution in [2.24, 2.45) is 11.3 Å². The topological polar surface area (TPSA) is 45.7 Å². The molecular weight excluding hydrogens is 346 g/mol. The average molecular weight is 378 g/mol. The van der Waals surface area contributed by atoms with Gasteiger partial charge in [-0.05, 0) is 44.9 Å². The van der Waals surface area contributed by atoms with Crippen molar-refractivity contribution in [1.82, 2.24) is 14.8 Å². The van der Waals surface area contributed by atoms with Crippen molar-refractivity contribution < 1.29 is 9.53 Å². The molecule has 1 aliphatic carbocycles. The minimum absolute atomic E-state index is 0.181. The first-order chi connectivity index (χ1) is 12.5. The van der Waals surface area contributed by atoms with Crippen molar-refractivity contribution in [3.05, 3.63) is 15.6 Å². The van der Waals surface area contributed by atoms with E-state index in [0.717, 1.165) is 54.2 Å². The molecule has 2 saturated heterocycles. The zero-order valence-electron chi connectivity index (χ0n) is 16.3. The smallest absolute Gasteiger partial charge is 0.265 e. The van der Waals surface area contributed by atoms with Crippen LogP contribution in [0.3, 0.4) is 0 Å². The van der Waals surface area contributed by atoms with E-state index in [1.165, 1.54) is 43.7 Å². The molecule has 0 aromatic carbocycles. The fourth-order valence-electron chi connectivity index (χ4n) is 5.13. The number of thiazole rings is 1. The Morgan fingerprint density at radius 3 is 2.58 bits per heavy atom. The summed E-state index contributed by atoms with van der Waals surface area (Å²) in [4.78, 5) is 23.0. The van der Waals surface area contributed by atoms with E-state index in [1.807, 2.05) is 21.0 Å². The molecule has 3 aliphatic rings. The number of likely N-dealkylation sites (tertiary alicyclic amines) is 2. The number of carbonyl (C=O) groups excluding carboxylic acids is 1. The molecule has 6 heteroatoms. The van der Waals surface area contributed by atoms with Crippen molar-refractivity contribution in [3.8, 4) is 0 Å². The number of hydrogen-bond donors (Lipinski definition) is 0. The number of rotatable bonds is 4. The molecule has 1 amide bonds. The van der Waals surface area contributed by atoms with E-state index >= 15 is 0 Å². The van der Waals surface area contributed by atoms with Gasteiger partial charge in [0.15, 0.2) is 0 Å². The normalized spacial score (nSPS) is 26.4. The predicted octanol–water partition coefficient (Wildman–Crippen LogP) is 3.11. The van der Waals surface area contributed by atoms with Crippen LogP contribution < -0.4 is 0 Å². The van der Waals surface area contributed by atoms with Crippen LogP contribution in [0.25, 0.3) is 0 Å². The van der Waals surface area contributed by atoms with Gasteiger partial charge in [-0.3, -0.25) is 9.69 Å². The molecule has 3 heterocycles. The van der Waals surface area contributed by atoms with Crippen molar-refractivity contribution >= 4 is 17.2 Å². The largest absolute Gasteiger partial charge is 0.384 e. The van der Waals surface area contributed by atoms with Crippen LogP contribution in [-0.4, -0.2) is 66.6 Å². The highest BCUT2D eigenvalue weighted by Gasteiger charge is 2.50. The molecule has 1 atom stereocenters. The van der Waals surface area contributed by atoms with Crippen molar-refractivity contribution in [2.45, 2.75) is 52.0 Å². The van der Waals surface area contributed by atoms with E-state index in [1.54, 1.807) is 0 Å². The molecule has 1 unspecified atom stereocenters. The van der Waals surface area contributed by atoms with Crippen molar-refractivity contribution in [3.63, 3.8) is 0 Å². The molecule has 144 valence electrons. The average Bonchev–Trinajstić information content (AvgIpc) is 3.07. The van der Waals surface area contributed by atoms with Crippen molar-refractivity contribution in [2.75, 3.05) is 39.9 Å². The molecule has 3 fully saturated rings. The highest BCUT2D eigenvalue weighted by Crippen LogP contribution is 2.47. The first-order valence-corrected chi connectivity index (χ1v) is 10.8. The van der Waals surface area contributed by atoms with Crippen LogP contribution in [0, 0.1) is 25.2 Å². The third-order valence-electron chi connectivity index (χ3n) is 6.94. The molecule has 1 aromatic rings. The van der Waals surface area contributed by atoms with Gasteiger partial charge in [0.05, 0.1) is 17.3 Å². The lowest BCUT2D eigenvalue weighted by Gasteiger charge is -2.43. The Morgan fingerprint density at radius 1 is 1.31 bits per heavy atom. The molecule has 26 heavy (non-hydrogen) atoms. The Morgan fingerprint density at radius 2 is 2.04 bits per heavy atom. The summed E-state index contributed by atoms with van der Waals surface area (Å²) in [7, 11) is 1.83. The van der Waals surface area contributed by atoms with Gasteiger partial charge in [0.25, 0.3) is 5.91 Å². The lowest BCUT2D eigenvalue weighted by Crippen LogP contribution is -2.47.